The van der Waals surface area contributed by atoms with Crippen LogP contribution in [-0.4, -0.2) is 30.5 Å². The van der Waals surface area contributed by atoms with Gasteiger partial charge in [-0.25, -0.2) is 0 Å². The summed E-state index contributed by atoms with van der Waals surface area (Å²) in [6.45, 7) is 4.88. The Morgan fingerprint density at radius 3 is 2.70 bits per heavy atom. The molecule has 112 valence electrons. The summed E-state index contributed by atoms with van der Waals surface area (Å²) < 4.78 is 11.3. The Kier molecular flexibility index (Phi) is 5.06. The summed E-state index contributed by atoms with van der Waals surface area (Å²) in [7, 11) is 1.70. The Morgan fingerprint density at radius 1 is 1.35 bits per heavy atom. The molecule has 0 aliphatic carbocycles. The largest absolute Gasteiger partial charge is 0.493 e. The predicted octanol–water partition coefficient (Wildman–Crippen LogP) is 3.51. The van der Waals surface area contributed by atoms with Gasteiger partial charge in [0.2, 0.25) is 0 Å². The summed E-state index contributed by atoms with van der Waals surface area (Å²) >= 11 is 0. The van der Waals surface area contributed by atoms with Crippen molar-refractivity contribution in [3.8, 4) is 5.75 Å². The molecule has 1 aromatic rings. The molecule has 20 heavy (non-hydrogen) atoms. The summed E-state index contributed by atoms with van der Waals surface area (Å²) in [4.78, 5) is 0. The number of aliphatic hydroxyl groups excluding tert-OH is 1. The quantitative estimate of drug-likeness (QED) is 0.865. The van der Waals surface area contributed by atoms with Gasteiger partial charge < -0.3 is 14.6 Å². The average Bonchev–Trinajstić information content (AvgIpc) is 2.50. The summed E-state index contributed by atoms with van der Waals surface area (Å²) in [5.41, 5.74) is 0.794. The maximum atomic E-state index is 10.7. The number of methoxy groups -OCH3 is 1. The lowest BCUT2D eigenvalue weighted by atomic mass is 9.81. The van der Waals surface area contributed by atoms with E-state index < -0.39 is 11.7 Å². The molecule has 1 aromatic carbocycles. The molecule has 1 aliphatic rings. The van der Waals surface area contributed by atoms with Crippen molar-refractivity contribution in [2.24, 2.45) is 0 Å². The molecule has 0 saturated heterocycles. The standard InChI is InChI=1S/C17H26O3/c1-4-17(5-2,19-3)16(18)12-13-10-11-20-15-9-7-6-8-14(13)15/h6-9,13,16,18H,4-5,10-12H2,1-3H3. The minimum Gasteiger partial charge on any atom is -0.493 e. The molecule has 0 bridgehead atoms. The van der Waals surface area contributed by atoms with Gasteiger partial charge in [0, 0.05) is 7.11 Å². The van der Waals surface area contributed by atoms with Gasteiger partial charge in [-0.1, -0.05) is 32.0 Å². The number of fused-ring (bicyclic) bond motifs is 1. The normalized spacial score (nSPS) is 20.1. The van der Waals surface area contributed by atoms with E-state index in [4.69, 9.17) is 9.47 Å². The Labute approximate surface area is 121 Å². The number of hydrogen-bond acceptors (Lipinski definition) is 3. The molecule has 2 atom stereocenters. The van der Waals surface area contributed by atoms with Crippen molar-refractivity contribution in [3.05, 3.63) is 29.8 Å². The first kappa shape index (κ1) is 15.3. The molecule has 0 radical (unpaired) electrons. The highest BCUT2D eigenvalue weighted by atomic mass is 16.5. The van der Waals surface area contributed by atoms with Gasteiger partial charge >= 0.3 is 0 Å². The van der Waals surface area contributed by atoms with Crippen LogP contribution in [0.25, 0.3) is 0 Å². The smallest absolute Gasteiger partial charge is 0.122 e. The van der Waals surface area contributed by atoms with E-state index in [2.05, 4.69) is 19.9 Å². The van der Waals surface area contributed by atoms with Crippen molar-refractivity contribution in [1.82, 2.24) is 0 Å². The zero-order valence-corrected chi connectivity index (χ0v) is 12.8. The first-order valence-electron chi connectivity index (χ1n) is 7.61. The highest BCUT2D eigenvalue weighted by Crippen LogP contribution is 2.39. The molecule has 1 heterocycles. The third-order valence-corrected chi connectivity index (χ3v) is 4.80. The molecule has 0 amide bonds. The highest BCUT2D eigenvalue weighted by Gasteiger charge is 2.37. The number of benzene rings is 1. The van der Waals surface area contributed by atoms with Crippen LogP contribution in [0.3, 0.4) is 0 Å². The van der Waals surface area contributed by atoms with Gasteiger partial charge in [-0.2, -0.15) is 0 Å². The van der Waals surface area contributed by atoms with E-state index in [9.17, 15) is 5.11 Å². The fourth-order valence-corrected chi connectivity index (χ4v) is 3.29. The first-order valence-corrected chi connectivity index (χ1v) is 7.61. The molecule has 0 spiro atoms. The monoisotopic (exact) mass is 278 g/mol. The molecule has 3 heteroatoms. The first-order chi connectivity index (χ1) is 9.66. The van der Waals surface area contributed by atoms with Gasteiger partial charge in [0.1, 0.15) is 5.75 Å². The van der Waals surface area contributed by atoms with Crippen LogP contribution in [0.4, 0.5) is 0 Å². The van der Waals surface area contributed by atoms with E-state index in [0.29, 0.717) is 5.92 Å². The second-order valence-electron chi connectivity index (χ2n) is 5.60. The molecular formula is C17H26O3. The molecule has 1 aliphatic heterocycles. The zero-order chi connectivity index (χ0) is 14.6. The van der Waals surface area contributed by atoms with Crippen LogP contribution in [0.5, 0.6) is 5.75 Å². The number of aliphatic hydroxyl groups is 1. The average molecular weight is 278 g/mol. The third-order valence-electron chi connectivity index (χ3n) is 4.80. The summed E-state index contributed by atoms with van der Waals surface area (Å²) in [5.74, 6) is 1.31. The fraction of sp³-hybridized carbons (Fsp3) is 0.647. The van der Waals surface area contributed by atoms with E-state index >= 15 is 0 Å². The molecule has 1 N–H and O–H groups in total. The number of hydrogen-bond donors (Lipinski definition) is 1. The Balaban J connectivity index is 2.15. The van der Waals surface area contributed by atoms with Crippen molar-refractivity contribution in [2.45, 2.75) is 57.2 Å². The lowest BCUT2D eigenvalue weighted by Crippen LogP contribution is -2.44. The molecule has 2 rings (SSSR count). The summed E-state index contributed by atoms with van der Waals surface area (Å²) in [6.07, 6.45) is 2.90. The predicted molar refractivity (Wildman–Crippen MR) is 80.2 cm³/mol. The van der Waals surface area contributed by atoms with Gasteiger partial charge in [0.15, 0.2) is 0 Å². The van der Waals surface area contributed by atoms with Crippen LogP contribution in [-0.2, 0) is 4.74 Å². The minimum absolute atomic E-state index is 0.350. The van der Waals surface area contributed by atoms with Crippen LogP contribution in [0.2, 0.25) is 0 Å². The van der Waals surface area contributed by atoms with Crippen molar-refractivity contribution in [1.29, 1.82) is 0 Å². The number of rotatable bonds is 6. The molecule has 0 aromatic heterocycles. The van der Waals surface area contributed by atoms with Crippen LogP contribution >= 0.6 is 0 Å². The highest BCUT2D eigenvalue weighted by molar-refractivity contribution is 5.37. The second-order valence-corrected chi connectivity index (χ2v) is 5.60. The molecule has 2 unspecified atom stereocenters. The molecule has 0 fully saturated rings. The lowest BCUT2D eigenvalue weighted by Gasteiger charge is -2.38. The topological polar surface area (TPSA) is 38.7 Å². The van der Waals surface area contributed by atoms with E-state index in [-0.39, 0.29) is 0 Å². The summed E-state index contributed by atoms with van der Waals surface area (Å²) in [6, 6.07) is 8.15. The maximum Gasteiger partial charge on any atom is 0.122 e. The molecule has 0 saturated carbocycles. The van der Waals surface area contributed by atoms with Gasteiger partial charge in [-0.15, -0.1) is 0 Å². The SMILES string of the molecule is CCC(CC)(OC)C(O)CC1CCOc2ccccc21. The second kappa shape index (κ2) is 6.59. The van der Waals surface area contributed by atoms with E-state index in [1.165, 1.54) is 5.56 Å². The van der Waals surface area contributed by atoms with Crippen LogP contribution in [0.15, 0.2) is 24.3 Å². The maximum absolute atomic E-state index is 10.7. The number of ether oxygens (including phenoxy) is 2. The lowest BCUT2D eigenvalue weighted by molar-refractivity contribution is -0.112. The minimum atomic E-state index is -0.446. The van der Waals surface area contributed by atoms with Crippen LogP contribution < -0.4 is 4.74 Å². The Hall–Kier alpha value is -1.06. The van der Waals surface area contributed by atoms with E-state index in [0.717, 1.165) is 38.0 Å². The Bertz CT molecular complexity index is 418. The summed E-state index contributed by atoms with van der Waals surface area (Å²) in [5, 5.41) is 10.7. The van der Waals surface area contributed by atoms with Crippen LogP contribution in [0.1, 0.15) is 51.0 Å². The van der Waals surface area contributed by atoms with Gasteiger partial charge in [-0.3, -0.25) is 0 Å². The van der Waals surface area contributed by atoms with Gasteiger partial charge in [0.05, 0.1) is 18.3 Å². The van der Waals surface area contributed by atoms with Crippen molar-refractivity contribution >= 4 is 0 Å². The van der Waals surface area contributed by atoms with Crippen LogP contribution in [0, 0.1) is 0 Å². The van der Waals surface area contributed by atoms with E-state index in [1.54, 1.807) is 7.11 Å². The van der Waals surface area contributed by atoms with Crippen molar-refractivity contribution in [2.75, 3.05) is 13.7 Å². The molecule has 3 nitrogen and oxygen atoms in total. The van der Waals surface area contributed by atoms with Gasteiger partial charge in [-0.05, 0) is 43.2 Å². The van der Waals surface area contributed by atoms with Gasteiger partial charge in [0.25, 0.3) is 0 Å². The zero-order valence-electron chi connectivity index (χ0n) is 12.8. The third kappa shape index (κ3) is 2.84. The molecular weight excluding hydrogens is 252 g/mol. The number of para-hydroxylation sites is 1. The fourth-order valence-electron chi connectivity index (χ4n) is 3.29. The van der Waals surface area contributed by atoms with Crippen molar-refractivity contribution < 1.29 is 14.6 Å². The Morgan fingerprint density at radius 2 is 2.05 bits per heavy atom. The van der Waals surface area contributed by atoms with Crippen molar-refractivity contribution in [3.63, 3.8) is 0 Å². The van der Waals surface area contributed by atoms with E-state index in [1.807, 2.05) is 18.2 Å².